The molecule has 1 aromatic heterocycles. The van der Waals surface area contributed by atoms with Crippen LogP contribution in [-0.2, 0) is 13.1 Å². The molecule has 1 aromatic rings. The van der Waals surface area contributed by atoms with Crippen LogP contribution in [0.4, 0.5) is 0 Å². The Labute approximate surface area is 113 Å². The van der Waals surface area contributed by atoms with Gasteiger partial charge >= 0.3 is 0 Å². The second-order valence-electron chi connectivity index (χ2n) is 5.24. The molecule has 1 saturated heterocycles. The number of hydrogen-bond acceptors (Lipinski definition) is 7. The van der Waals surface area contributed by atoms with Crippen LogP contribution in [0.5, 0.6) is 0 Å². The maximum atomic E-state index is 9.45. The Hall–Kier alpha value is -1.02. The van der Waals surface area contributed by atoms with E-state index < -0.39 is 0 Å². The molecule has 3 N–H and O–H groups in total. The molecule has 7 heteroatoms. The molecule has 19 heavy (non-hydrogen) atoms. The first-order valence-electron chi connectivity index (χ1n) is 6.74. The Morgan fingerprint density at radius 3 is 2.89 bits per heavy atom. The molecule has 2 heterocycles. The van der Waals surface area contributed by atoms with E-state index in [0.29, 0.717) is 24.3 Å². The summed E-state index contributed by atoms with van der Waals surface area (Å²) in [5.41, 5.74) is 5.44. The summed E-state index contributed by atoms with van der Waals surface area (Å²) in [5.74, 6) is 1.17. The quantitative estimate of drug-likeness (QED) is 0.738. The van der Waals surface area contributed by atoms with Gasteiger partial charge in [-0.2, -0.15) is 4.98 Å². The summed E-state index contributed by atoms with van der Waals surface area (Å²) < 4.78 is 5.00. The van der Waals surface area contributed by atoms with Crippen LogP contribution in [0.1, 0.15) is 25.6 Å². The SMILES string of the molecule is CC(O)CN1CCN(Cc2noc(CN)n2)CC1C. The van der Waals surface area contributed by atoms with Gasteiger partial charge in [-0.3, -0.25) is 9.80 Å². The van der Waals surface area contributed by atoms with E-state index in [1.165, 1.54) is 0 Å². The smallest absolute Gasteiger partial charge is 0.240 e. The van der Waals surface area contributed by atoms with Gasteiger partial charge in [-0.25, -0.2) is 0 Å². The number of piperazine rings is 1. The number of nitrogens with two attached hydrogens (primary N) is 1. The number of aliphatic hydroxyl groups excluding tert-OH is 1. The van der Waals surface area contributed by atoms with Crippen LogP contribution >= 0.6 is 0 Å². The lowest BCUT2D eigenvalue weighted by molar-refractivity contribution is 0.0411. The van der Waals surface area contributed by atoms with Crippen molar-refractivity contribution in [1.29, 1.82) is 0 Å². The van der Waals surface area contributed by atoms with Crippen LogP contribution in [0, 0.1) is 0 Å². The molecule has 0 aromatic carbocycles. The van der Waals surface area contributed by atoms with Gasteiger partial charge in [0.2, 0.25) is 5.89 Å². The van der Waals surface area contributed by atoms with Gasteiger partial charge in [0.05, 0.1) is 19.2 Å². The van der Waals surface area contributed by atoms with Gasteiger partial charge in [0, 0.05) is 32.2 Å². The number of hydrogen-bond donors (Lipinski definition) is 2. The Kier molecular flexibility index (Phi) is 4.87. The van der Waals surface area contributed by atoms with E-state index in [1.807, 2.05) is 6.92 Å². The maximum absolute atomic E-state index is 9.45. The van der Waals surface area contributed by atoms with E-state index in [-0.39, 0.29) is 12.6 Å². The molecule has 0 spiro atoms. The first-order valence-corrected chi connectivity index (χ1v) is 6.74. The van der Waals surface area contributed by atoms with Crippen molar-refractivity contribution < 1.29 is 9.63 Å². The standard InChI is InChI=1S/C12H23N5O2/c1-9-6-16(3-4-17(9)7-10(2)18)8-11-14-12(5-13)19-15-11/h9-10,18H,3-8,13H2,1-2H3. The Bertz CT molecular complexity index is 395. The average molecular weight is 269 g/mol. The summed E-state index contributed by atoms with van der Waals surface area (Å²) >= 11 is 0. The summed E-state index contributed by atoms with van der Waals surface area (Å²) in [6.07, 6.45) is -0.279. The zero-order chi connectivity index (χ0) is 13.8. The van der Waals surface area contributed by atoms with Crippen LogP contribution in [0.25, 0.3) is 0 Å². The summed E-state index contributed by atoms with van der Waals surface area (Å²) in [7, 11) is 0. The second kappa shape index (κ2) is 6.42. The van der Waals surface area contributed by atoms with Gasteiger partial charge < -0.3 is 15.4 Å². The molecular weight excluding hydrogens is 246 g/mol. The van der Waals surface area contributed by atoms with Crippen molar-refractivity contribution >= 4 is 0 Å². The fraction of sp³-hybridized carbons (Fsp3) is 0.833. The molecule has 0 aliphatic carbocycles. The first-order chi connectivity index (χ1) is 9.08. The van der Waals surface area contributed by atoms with Crippen molar-refractivity contribution in [3.05, 3.63) is 11.7 Å². The Morgan fingerprint density at radius 1 is 1.53 bits per heavy atom. The minimum absolute atomic E-state index is 0.279. The molecule has 0 amide bonds. The molecule has 0 bridgehead atoms. The van der Waals surface area contributed by atoms with E-state index in [1.54, 1.807) is 0 Å². The summed E-state index contributed by atoms with van der Waals surface area (Å²) in [6.45, 7) is 8.55. The van der Waals surface area contributed by atoms with Crippen molar-refractivity contribution in [3.63, 3.8) is 0 Å². The van der Waals surface area contributed by atoms with Gasteiger partial charge in [0.15, 0.2) is 5.82 Å². The Morgan fingerprint density at radius 2 is 2.32 bits per heavy atom. The molecule has 1 aliphatic rings. The third-order valence-electron chi connectivity index (χ3n) is 3.40. The molecule has 108 valence electrons. The molecule has 1 aliphatic heterocycles. The highest BCUT2D eigenvalue weighted by Gasteiger charge is 2.25. The Balaban J connectivity index is 1.84. The van der Waals surface area contributed by atoms with Crippen LogP contribution < -0.4 is 5.73 Å². The number of β-amino-alcohol motifs (C(OH)–C–C–N with tert-alkyl or cyclic N) is 1. The van der Waals surface area contributed by atoms with Crippen LogP contribution in [0.15, 0.2) is 4.52 Å². The normalized spacial score (nSPS) is 23.7. The number of rotatable bonds is 5. The third-order valence-corrected chi connectivity index (χ3v) is 3.40. The second-order valence-corrected chi connectivity index (χ2v) is 5.24. The first kappa shape index (κ1) is 14.4. The van der Waals surface area contributed by atoms with E-state index in [0.717, 1.165) is 26.2 Å². The molecule has 7 nitrogen and oxygen atoms in total. The largest absolute Gasteiger partial charge is 0.392 e. The monoisotopic (exact) mass is 269 g/mol. The summed E-state index contributed by atoms with van der Waals surface area (Å²) in [4.78, 5) is 8.83. The van der Waals surface area contributed by atoms with Gasteiger partial charge in [-0.05, 0) is 13.8 Å². The molecule has 0 saturated carbocycles. The van der Waals surface area contributed by atoms with Crippen molar-refractivity contribution in [2.24, 2.45) is 5.73 Å². The van der Waals surface area contributed by atoms with Gasteiger partial charge in [0.25, 0.3) is 0 Å². The lowest BCUT2D eigenvalue weighted by Crippen LogP contribution is -2.53. The van der Waals surface area contributed by atoms with E-state index in [2.05, 4.69) is 26.9 Å². The zero-order valence-corrected chi connectivity index (χ0v) is 11.6. The highest BCUT2D eigenvalue weighted by atomic mass is 16.5. The maximum Gasteiger partial charge on any atom is 0.240 e. The van der Waals surface area contributed by atoms with Crippen molar-refractivity contribution in [3.8, 4) is 0 Å². The fourth-order valence-corrected chi connectivity index (χ4v) is 2.46. The third kappa shape index (κ3) is 3.97. The summed E-state index contributed by atoms with van der Waals surface area (Å²) in [6, 6.07) is 0.421. The van der Waals surface area contributed by atoms with Crippen molar-refractivity contribution in [2.75, 3.05) is 26.2 Å². The number of nitrogens with zero attached hydrogens (tertiary/aromatic N) is 4. The molecule has 2 rings (SSSR count). The molecular formula is C12H23N5O2. The van der Waals surface area contributed by atoms with Gasteiger partial charge in [-0.1, -0.05) is 5.16 Å². The van der Waals surface area contributed by atoms with Crippen molar-refractivity contribution in [2.45, 2.75) is 39.1 Å². The van der Waals surface area contributed by atoms with Crippen LogP contribution in [-0.4, -0.2) is 63.4 Å². The number of aliphatic hydroxyl groups is 1. The molecule has 2 atom stereocenters. The predicted octanol–water partition coefficient (Wildman–Crippen LogP) is -0.585. The van der Waals surface area contributed by atoms with Crippen molar-refractivity contribution in [1.82, 2.24) is 19.9 Å². The molecule has 0 radical (unpaired) electrons. The molecule has 1 fully saturated rings. The van der Waals surface area contributed by atoms with Crippen LogP contribution in [0.2, 0.25) is 0 Å². The average Bonchev–Trinajstić information content (AvgIpc) is 2.80. The lowest BCUT2D eigenvalue weighted by Gasteiger charge is -2.39. The van der Waals surface area contributed by atoms with E-state index in [9.17, 15) is 5.11 Å². The van der Waals surface area contributed by atoms with Gasteiger partial charge in [-0.15, -0.1) is 0 Å². The topological polar surface area (TPSA) is 91.7 Å². The molecule has 2 unspecified atom stereocenters. The number of aromatic nitrogens is 2. The highest BCUT2D eigenvalue weighted by molar-refractivity contribution is 4.88. The fourth-order valence-electron chi connectivity index (χ4n) is 2.46. The van der Waals surface area contributed by atoms with Gasteiger partial charge in [0.1, 0.15) is 0 Å². The minimum atomic E-state index is -0.279. The zero-order valence-electron chi connectivity index (χ0n) is 11.6. The highest BCUT2D eigenvalue weighted by Crippen LogP contribution is 2.12. The van der Waals surface area contributed by atoms with E-state index in [4.69, 9.17) is 10.3 Å². The summed E-state index contributed by atoms with van der Waals surface area (Å²) in [5, 5.41) is 13.4. The minimum Gasteiger partial charge on any atom is -0.392 e. The lowest BCUT2D eigenvalue weighted by atomic mass is 10.1. The van der Waals surface area contributed by atoms with E-state index >= 15 is 0 Å². The predicted molar refractivity (Wildman–Crippen MR) is 70.2 cm³/mol. The van der Waals surface area contributed by atoms with Crippen LogP contribution in [0.3, 0.4) is 0 Å².